The van der Waals surface area contributed by atoms with E-state index in [9.17, 15) is 18.0 Å². The Bertz CT molecular complexity index is 862. The number of terminal acetylenes is 1. The zero-order valence-electron chi connectivity index (χ0n) is 15.5. The number of piperazine rings is 1. The van der Waals surface area contributed by atoms with Crippen molar-refractivity contribution in [2.24, 2.45) is 0 Å². The lowest BCUT2D eigenvalue weighted by atomic mass is 10.1. The molecule has 0 saturated carbocycles. The third-order valence-electron chi connectivity index (χ3n) is 4.86. The molecule has 1 atom stereocenters. The van der Waals surface area contributed by atoms with Crippen LogP contribution in [0.2, 0.25) is 0 Å². The number of hydrogen-bond acceptors (Lipinski definition) is 5. The van der Waals surface area contributed by atoms with Crippen LogP contribution in [0.3, 0.4) is 0 Å². The second-order valence-electron chi connectivity index (χ2n) is 6.67. The van der Waals surface area contributed by atoms with E-state index in [1.54, 1.807) is 9.80 Å². The van der Waals surface area contributed by atoms with Gasteiger partial charge in [0, 0.05) is 38.3 Å². The molecule has 9 heteroatoms. The molecule has 0 spiro atoms. The first-order valence-electron chi connectivity index (χ1n) is 9.15. The molecule has 1 unspecified atom stereocenters. The summed E-state index contributed by atoms with van der Waals surface area (Å²) in [6.45, 7) is 2.32. The van der Waals surface area contributed by atoms with Gasteiger partial charge in [-0.25, -0.2) is 8.42 Å². The van der Waals surface area contributed by atoms with Gasteiger partial charge in [-0.15, -0.1) is 6.42 Å². The highest BCUT2D eigenvalue weighted by Gasteiger charge is 2.31. The monoisotopic (exact) mass is 405 g/mol. The van der Waals surface area contributed by atoms with Crippen molar-refractivity contribution in [2.75, 3.05) is 39.3 Å². The summed E-state index contributed by atoms with van der Waals surface area (Å²) >= 11 is 0. The van der Waals surface area contributed by atoms with Gasteiger partial charge in [0.05, 0.1) is 11.4 Å². The van der Waals surface area contributed by atoms with Crippen LogP contribution in [0.1, 0.15) is 23.2 Å². The molecule has 1 aromatic rings. The molecule has 0 aliphatic carbocycles. The number of rotatable bonds is 5. The van der Waals surface area contributed by atoms with Crippen molar-refractivity contribution in [1.82, 2.24) is 14.5 Å². The summed E-state index contributed by atoms with van der Waals surface area (Å²) in [5.41, 5.74) is 0.398. The number of benzene rings is 1. The Kier molecular flexibility index (Phi) is 6.34. The van der Waals surface area contributed by atoms with E-state index in [-0.39, 0.29) is 29.4 Å². The Morgan fingerprint density at radius 3 is 2.36 bits per heavy atom. The van der Waals surface area contributed by atoms with Gasteiger partial charge in [-0.3, -0.25) is 9.59 Å². The van der Waals surface area contributed by atoms with E-state index in [0.29, 0.717) is 38.3 Å². The first kappa shape index (κ1) is 20.3. The summed E-state index contributed by atoms with van der Waals surface area (Å²) in [5, 5.41) is 0. The van der Waals surface area contributed by atoms with E-state index in [4.69, 9.17) is 11.2 Å². The van der Waals surface area contributed by atoms with Crippen LogP contribution < -0.4 is 4.72 Å². The average molecular weight is 405 g/mol. The van der Waals surface area contributed by atoms with Gasteiger partial charge in [-0.2, -0.15) is 4.72 Å². The highest BCUT2D eigenvalue weighted by Crippen LogP contribution is 2.17. The maximum absolute atomic E-state index is 12.7. The minimum absolute atomic E-state index is 0.00127. The Balaban J connectivity index is 1.58. The van der Waals surface area contributed by atoms with Crippen LogP contribution in [0.15, 0.2) is 29.2 Å². The van der Waals surface area contributed by atoms with E-state index in [2.05, 4.69) is 10.6 Å². The number of nitrogens with one attached hydrogen (secondary N) is 1. The second-order valence-corrected chi connectivity index (χ2v) is 8.44. The van der Waals surface area contributed by atoms with Crippen LogP contribution >= 0.6 is 0 Å². The largest absolute Gasteiger partial charge is 0.368 e. The van der Waals surface area contributed by atoms with Crippen molar-refractivity contribution in [3.8, 4) is 12.3 Å². The summed E-state index contributed by atoms with van der Waals surface area (Å²) in [7, 11) is -3.69. The van der Waals surface area contributed by atoms with Gasteiger partial charge in [0.1, 0.15) is 6.10 Å². The van der Waals surface area contributed by atoms with Gasteiger partial charge >= 0.3 is 0 Å². The topological polar surface area (TPSA) is 96.0 Å². The fourth-order valence-electron chi connectivity index (χ4n) is 3.29. The first-order chi connectivity index (χ1) is 13.4. The number of sulfonamides is 1. The molecular formula is C19H23N3O5S. The zero-order chi connectivity index (χ0) is 20.1. The highest BCUT2D eigenvalue weighted by molar-refractivity contribution is 7.89. The SMILES string of the molecule is C#CCNS(=O)(=O)c1ccc(C(=O)N2CCN(C(=O)C3CCCO3)CC2)cc1. The van der Waals surface area contributed by atoms with Crippen LogP contribution in [0, 0.1) is 12.3 Å². The third kappa shape index (κ3) is 4.52. The summed E-state index contributed by atoms with van der Waals surface area (Å²) in [6, 6.07) is 5.72. The van der Waals surface area contributed by atoms with Crippen molar-refractivity contribution in [1.29, 1.82) is 0 Å². The van der Waals surface area contributed by atoms with E-state index in [0.717, 1.165) is 12.8 Å². The van der Waals surface area contributed by atoms with Gasteiger partial charge in [0.15, 0.2) is 0 Å². The normalized spacial score (nSPS) is 20.0. The minimum atomic E-state index is -3.69. The molecule has 1 aromatic carbocycles. The molecule has 2 amide bonds. The minimum Gasteiger partial charge on any atom is -0.368 e. The van der Waals surface area contributed by atoms with Gasteiger partial charge in [-0.1, -0.05) is 5.92 Å². The number of ether oxygens (including phenoxy) is 1. The predicted molar refractivity (Wildman–Crippen MR) is 102 cm³/mol. The maximum atomic E-state index is 12.7. The molecule has 2 aliphatic rings. The first-order valence-corrected chi connectivity index (χ1v) is 10.6. The quantitative estimate of drug-likeness (QED) is 0.699. The molecule has 3 rings (SSSR count). The molecule has 2 heterocycles. The van der Waals surface area contributed by atoms with E-state index < -0.39 is 10.0 Å². The lowest BCUT2D eigenvalue weighted by Crippen LogP contribution is -2.52. The standard InChI is InChI=1S/C19H23N3O5S/c1-2-9-20-28(25,26)16-7-5-15(6-8-16)18(23)21-10-12-22(13-11-21)19(24)17-4-3-14-27-17/h1,5-8,17,20H,3-4,9-14H2. The molecule has 2 saturated heterocycles. The van der Waals surface area contributed by atoms with E-state index in [1.165, 1.54) is 24.3 Å². The summed E-state index contributed by atoms with van der Waals surface area (Å²) < 4.78 is 31.8. The Hall–Kier alpha value is -2.41. The zero-order valence-corrected chi connectivity index (χ0v) is 16.3. The molecule has 0 radical (unpaired) electrons. The molecule has 2 fully saturated rings. The van der Waals surface area contributed by atoms with E-state index in [1.807, 2.05) is 0 Å². The second kappa shape index (κ2) is 8.73. The van der Waals surface area contributed by atoms with Gasteiger partial charge < -0.3 is 14.5 Å². The summed E-state index contributed by atoms with van der Waals surface area (Å²) in [4.78, 5) is 28.5. The van der Waals surface area contributed by atoms with Crippen LogP contribution in [-0.4, -0.2) is 75.5 Å². The number of hydrogen-bond donors (Lipinski definition) is 1. The van der Waals surface area contributed by atoms with Crippen LogP contribution in [-0.2, 0) is 19.6 Å². The molecule has 150 valence electrons. The number of amides is 2. The molecule has 28 heavy (non-hydrogen) atoms. The van der Waals surface area contributed by atoms with Crippen molar-refractivity contribution < 1.29 is 22.7 Å². The van der Waals surface area contributed by atoms with E-state index >= 15 is 0 Å². The van der Waals surface area contributed by atoms with Gasteiger partial charge in [0.25, 0.3) is 11.8 Å². The van der Waals surface area contributed by atoms with Crippen molar-refractivity contribution in [2.45, 2.75) is 23.8 Å². The molecule has 0 bridgehead atoms. The molecular weight excluding hydrogens is 382 g/mol. The lowest BCUT2D eigenvalue weighted by Gasteiger charge is -2.35. The van der Waals surface area contributed by atoms with Gasteiger partial charge in [0.2, 0.25) is 10.0 Å². The summed E-state index contributed by atoms with van der Waals surface area (Å²) in [5.74, 6) is 2.02. The maximum Gasteiger partial charge on any atom is 0.253 e. The van der Waals surface area contributed by atoms with Crippen molar-refractivity contribution in [3.05, 3.63) is 29.8 Å². The molecule has 2 aliphatic heterocycles. The molecule has 0 aromatic heterocycles. The Morgan fingerprint density at radius 2 is 1.79 bits per heavy atom. The van der Waals surface area contributed by atoms with Crippen molar-refractivity contribution >= 4 is 21.8 Å². The number of carbonyl (C=O) groups is 2. The lowest BCUT2D eigenvalue weighted by molar-refractivity contribution is -0.142. The Morgan fingerprint density at radius 1 is 1.14 bits per heavy atom. The third-order valence-corrected chi connectivity index (χ3v) is 6.28. The van der Waals surface area contributed by atoms with Crippen molar-refractivity contribution in [3.63, 3.8) is 0 Å². The molecule has 1 N–H and O–H groups in total. The summed E-state index contributed by atoms with van der Waals surface area (Å²) in [6.07, 6.45) is 6.37. The fraction of sp³-hybridized carbons (Fsp3) is 0.474. The number of nitrogens with zero attached hydrogens (tertiary/aromatic N) is 2. The van der Waals surface area contributed by atoms with Crippen LogP contribution in [0.25, 0.3) is 0 Å². The van der Waals surface area contributed by atoms with Crippen LogP contribution in [0.4, 0.5) is 0 Å². The highest BCUT2D eigenvalue weighted by atomic mass is 32.2. The molecule has 8 nitrogen and oxygen atoms in total. The number of carbonyl (C=O) groups excluding carboxylic acids is 2. The Labute approximate surface area is 164 Å². The predicted octanol–water partition coefficient (Wildman–Crippen LogP) is 0.0615. The fourth-order valence-corrected chi connectivity index (χ4v) is 4.22. The van der Waals surface area contributed by atoms with Crippen LogP contribution in [0.5, 0.6) is 0 Å². The smallest absolute Gasteiger partial charge is 0.253 e. The van der Waals surface area contributed by atoms with Gasteiger partial charge in [-0.05, 0) is 37.1 Å². The average Bonchev–Trinajstić information content (AvgIpc) is 3.26.